The van der Waals surface area contributed by atoms with Gasteiger partial charge in [0.05, 0.1) is 37.1 Å². The average Bonchev–Trinajstić information content (AvgIpc) is 3.44. The fraction of sp³-hybridized carbons (Fsp3) is 0.364. The van der Waals surface area contributed by atoms with E-state index in [1.807, 2.05) is 48.2 Å². The van der Waals surface area contributed by atoms with Gasteiger partial charge in [-0.25, -0.2) is 4.79 Å². The quantitative estimate of drug-likeness (QED) is 0.241. The van der Waals surface area contributed by atoms with E-state index in [1.54, 1.807) is 35.4 Å². The number of urea groups is 1. The van der Waals surface area contributed by atoms with Gasteiger partial charge in [-0.05, 0) is 48.4 Å². The molecule has 2 aliphatic heterocycles. The molecule has 0 aliphatic carbocycles. The van der Waals surface area contributed by atoms with Crippen molar-refractivity contribution in [2.24, 2.45) is 4.99 Å². The van der Waals surface area contributed by atoms with Gasteiger partial charge in [0.25, 0.3) is 0 Å². The lowest BCUT2D eigenvalue weighted by atomic mass is 9.93. The molecular weight excluding hydrogens is 669 g/mol. The molecule has 13 heteroatoms. The summed E-state index contributed by atoms with van der Waals surface area (Å²) in [6.45, 7) is 5.28. The van der Waals surface area contributed by atoms with Gasteiger partial charge in [0.15, 0.2) is 0 Å². The molecule has 1 fully saturated rings. The van der Waals surface area contributed by atoms with Crippen molar-refractivity contribution in [1.29, 1.82) is 5.26 Å². The van der Waals surface area contributed by atoms with E-state index in [-0.39, 0.29) is 18.4 Å². The molecule has 5 rings (SSSR count). The summed E-state index contributed by atoms with van der Waals surface area (Å²) in [6, 6.07) is 19.2. The maximum Gasteiger partial charge on any atom is 0.326 e. The maximum absolute atomic E-state index is 14.7. The molecule has 0 bridgehead atoms. The highest BCUT2D eigenvalue weighted by atomic mass is 35.5. The Morgan fingerprint density at radius 2 is 1.63 bits per heavy atom. The number of piperazine rings is 1. The molecule has 2 amide bonds. The highest BCUT2D eigenvalue weighted by molar-refractivity contribution is 7.90. The molecule has 1 saturated heterocycles. The lowest BCUT2D eigenvalue weighted by molar-refractivity contribution is 0.122. The third-order valence-corrected chi connectivity index (χ3v) is 9.26. The van der Waals surface area contributed by atoms with Crippen molar-refractivity contribution in [3.63, 3.8) is 0 Å². The van der Waals surface area contributed by atoms with Crippen LogP contribution >= 0.6 is 35.6 Å². The smallest absolute Gasteiger partial charge is 0.326 e. The number of methoxy groups -OCH3 is 1. The number of hydrogen-bond donors (Lipinski definition) is 0. The van der Waals surface area contributed by atoms with E-state index in [0.29, 0.717) is 83.6 Å². The van der Waals surface area contributed by atoms with Crippen molar-refractivity contribution in [2.75, 3.05) is 58.4 Å². The molecule has 1 unspecified atom stereocenters. The Morgan fingerprint density at radius 3 is 2.17 bits per heavy atom. The van der Waals surface area contributed by atoms with Crippen LogP contribution in [0.15, 0.2) is 65.7 Å². The summed E-state index contributed by atoms with van der Waals surface area (Å²) in [5, 5.41) is 11.2. The van der Waals surface area contributed by atoms with Crippen molar-refractivity contribution < 1.29 is 18.8 Å². The van der Waals surface area contributed by atoms with Crippen LogP contribution in [0.2, 0.25) is 10.0 Å². The van der Waals surface area contributed by atoms with E-state index in [4.69, 9.17) is 37.7 Å². The second-order valence-corrected chi connectivity index (χ2v) is 13.2. The second kappa shape index (κ2) is 16.1. The van der Waals surface area contributed by atoms with Crippen LogP contribution in [-0.4, -0.2) is 89.6 Å². The second-order valence-electron chi connectivity index (χ2n) is 10.8. The van der Waals surface area contributed by atoms with E-state index < -0.39 is 23.3 Å². The predicted molar refractivity (Wildman–Crippen MR) is 185 cm³/mol. The largest absolute Gasteiger partial charge is 0.617 e. The first-order valence-corrected chi connectivity index (χ1v) is 17.2. The van der Waals surface area contributed by atoms with Crippen molar-refractivity contribution >= 4 is 58.7 Å². The molecule has 3 aromatic carbocycles. The topological polar surface area (TPSA) is 104 Å². The molecule has 0 N–H and O–H groups in total. The van der Waals surface area contributed by atoms with Crippen molar-refractivity contribution in [3.8, 4) is 17.6 Å². The molecule has 3 atom stereocenters. The maximum atomic E-state index is 14.7. The first-order chi connectivity index (χ1) is 21.7. The predicted octanol–water partition coefficient (Wildman–Crippen LogP) is 6.36. The number of amidine groups is 1. The lowest BCUT2D eigenvalue weighted by Crippen LogP contribution is -2.54. The highest BCUT2D eigenvalue weighted by Gasteiger charge is 2.45. The number of nitrogens with zero attached hydrogens (tertiary/aromatic N) is 5. The van der Waals surface area contributed by atoms with E-state index >= 15 is 0 Å². The van der Waals surface area contributed by atoms with Crippen LogP contribution in [0.5, 0.6) is 11.5 Å². The Hall–Kier alpha value is -3.17. The molecule has 0 aromatic heterocycles. The third kappa shape index (κ3) is 7.85. The molecule has 0 spiro atoms. The van der Waals surface area contributed by atoms with Crippen LogP contribution in [0, 0.1) is 11.3 Å². The standard InChI is InChI=1S/C33H35Cl2N5O4S.ClH/c1-4-44-29-20-28(43-2)24(21-36)19-27(29)32-37-30(22-5-9-25(34)10-6-22)31(23-7-11-26(35)12-8-23)40(32)33(41)39-15-13-38(14-16-39)17-18-45(3)42;/h5-12,19-20,30-31H,4,13-18H2,1-3H3;1H/t30-,31+,45?;/m0./s1. The number of aliphatic imine (C=N–C) groups is 1. The van der Waals surface area contributed by atoms with E-state index in [0.717, 1.165) is 11.1 Å². The third-order valence-electron chi connectivity index (χ3n) is 8.00. The van der Waals surface area contributed by atoms with E-state index in [1.165, 1.54) is 7.11 Å². The van der Waals surface area contributed by atoms with Gasteiger partial charge >= 0.3 is 6.03 Å². The zero-order chi connectivity index (χ0) is 32.1. The molecule has 2 aliphatic rings. The number of ether oxygens (including phenoxy) is 2. The van der Waals surface area contributed by atoms with Crippen molar-refractivity contribution in [3.05, 3.63) is 93.0 Å². The number of rotatable bonds is 9. The Morgan fingerprint density at radius 1 is 1.02 bits per heavy atom. The number of amides is 2. The van der Waals surface area contributed by atoms with Gasteiger partial charge in [-0.1, -0.05) is 58.6 Å². The SMILES string of the molecule is CCOc1cc(OC)c(C#N)cc1C1=N[C@@H](c2ccc(Cl)cc2)[C@@H](c2ccc(Cl)cc2)N1C(=O)N1CCN(CC[S+](C)[O-])CC1.Cl. The molecule has 46 heavy (non-hydrogen) atoms. The summed E-state index contributed by atoms with van der Waals surface area (Å²) < 4.78 is 23.2. The molecule has 244 valence electrons. The average molecular weight is 705 g/mol. The summed E-state index contributed by atoms with van der Waals surface area (Å²) in [6.07, 6.45) is 1.70. The summed E-state index contributed by atoms with van der Waals surface area (Å²) in [4.78, 5) is 25.7. The van der Waals surface area contributed by atoms with Gasteiger partial charge in [0, 0.05) is 48.8 Å². The summed E-state index contributed by atoms with van der Waals surface area (Å²) in [7, 11) is 1.50. The minimum absolute atomic E-state index is 0. The van der Waals surface area contributed by atoms with Crippen LogP contribution in [-0.2, 0) is 11.2 Å². The van der Waals surface area contributed by atoms with E-state index in [9.17, 15) is 14.6 Å². The molecule has 3 aromatic rings. The number of carbonyl (C=O) groups is 1. The van der Waals surface area contributed by atoms with Crippen LogP contribution in [0.1, 0.15) is 41.3 Å². The molecule has 0 radical (unpaired) electrons. The number of benzene rings is 3. The Kier molecular flexibility index (Phi) is 12.5. The number of nitriles is 1. The van der Waals surface area contributed by atoms with Gasteiger partial charge in [-0.3, -0.25) is 14.8 Å². The van der Waals surface area contributed by atoms with E-state index in [2.05, 4.69) is 11.0 Å². The Bertz CT molecular complexity index is 1580. The van der Waals surface area contributed by atoms with Crippen LogP contribution < -0.4 is 9.47 Å². The summed E-state index contributed by atoms with van der Waals surface area (Å²) in [5.41, 5.74) is 2.53. The normalized spacial score (nSPS) is 18.8. The highest BCUT2D eigenvalue weighted by Crippen LogP contribution is 2.46. The molecule has 2 heterocycles. The Balaban J connectivity index is 0.00000480. The fourth-order valence-electron chi connectivity index (χ4n) is 5.69. The van der Waals surface area contributed by atoms with Crippen LogP contribution in [0.4, 0.5) is 4.79 Å². The number of hydrogen-bond acceptors (Lipinski definition) is 7. The van der Waals surface area contributed by atoms with Gasteiger partial charge in [0.1, 0.15) is 35.2 Å². The first-order valence-electron chi connectivity index (χ1n) is 14.7. The molecule has 0 saturated carbocycles. The van der Waals surface area contributed by atoms with Gasteiger partial charge < -0.3 is 18.9 Å². The Labute approximate surface area is 289 Å². The zero-order valence-corrected chi connectivity index (χ0v) is 29.0. The molecule has 9 nitrogen and oxygen atoms in total. The van der Waals surface area contributed by atoms with Gasteiger partial charge in [-0.15, -0.1) is 12.4 Å². The van der Waals surface area contributed by atoms with Gasteiger partial charge in [-0.2, -0.15) is 5.26 Å². The summed E-state index contributed by atoms with van der Waals surface area (Å²) in [5.74, 6) is 1.81. The monoisotopic (exact) mass is 703 g/mol. The zero-order valence-electron chi connectivity index (χ0n) is 25.8. The summed E-state index contributed by atoms with van der Waals surface area (Å²) >= 11 is 11.7. The van der Waals surface area contributed by atoms with Crippen molar-refractivity contribution in [2.45, 2.75) is 19.0 Å². The minimum atomic E-state index is -0.881. The fourth-order valence-corrected chi connectivity index (χ4v) is 6.46. The lowest BCUT2D eigenvalue weighted by Gasteiger charge is -2.39. The minimum Gasteiger partial charge on any atom is -0.617 e. The molecular formula is C33H36Cl3N5O4S. The van der Waals surface area contributed by atoms with Crippen LogP contribution in [0.3, 0.4) is 0 Å². The van der Waals surface area contributed by atoms with Crippen LogP contribution in [0.25, 0.3) is 0 Å². The van der Waals surface area contributed by atoms with Gasteiger partial charge in [0.2, 0.25) is 0 Å². The first kappa shape index (κ1) is 35.7. The number of carbonyl (C=O) groups excluding carboxylic acids is 1. The van der Waals surface area contributed by atoms with Crippen molar-refractivity contribution in [1.82, 2.24) is 14.7 Å². The number of halogens is 3.